The van der Waals surface area contributed by atoms with Crippen molar-refractivity contribution in [3.05, 3.63) is 65.7 Å². The highest BCUT2D eigenvalue weighted by atomic mass is 16.5. The van der Waals surface area contributed by atoms with E-state index in [1.54, 1.807) is 0 Å². The summed E-state index contributed by atoms with van der Waals surface area (Å²) < 4.78 is 5.70. The Labute approximate surface area is 144 Å². The van der Waals surface area contributed by atoms with Gasteiger partial charge in [-0.25, -0.2) is 0 Å². The van der Waals surface area contributed by atoms with E-state index in [1.807, 2.05) is 54.6 Å². The van der Waals surface area contributed by atoms with E-state index in [4.69, 9.17) is 10.5 Å². The predicted molar refractivity (Wildman–Crippen MR) is 97.0 cm³/mol. The molecule has 0 aliphatic rings. The minimum Gasteiger partial charge on any atom is -0.489 e. The van der Waals surface area contributed by atoms with Crippen LogP contribution in [0.3, 0.4) is 0 Å². The molecule has 128 valence electrons. The number of hydrogen-bond donors (Lipinski definition) is 2. The molecule has 24 heavy (non-hydrogen) atoms. The van der Waals surface area contributed by atoms with Crippen LogP contribution in [-0.2, 0) is 6.61 Å². The predicted octanol–water partition coefficient (Wildman–Crippen LogP) is 3.37. The van der Waals surface area contributed by atoms with Crippen molar-refractivity contribution in [1.29, 1.82) is 0 Å². The van der Waals surface area contributed by atoms with Crippen LogP contribution in [0.15, 0.2) is 54.6 Å². The van der Waals surface area contributed by atoms with E-state index in [2.05, 4.69) is 19.2 Å². The van der Waals surface area contributed by atoms with E-state index in [9.17, 15) is 4.79 Å². The van der Waals surface area contributed by atoms with Crippen LogP contribution in [0.25, 0.3) is 0 Å². The summed E-state index contributed by atoms with van der Waals surface area (Å²) in [6, 6.07) is 17.2. The smallest absolute Gasteiger partial charge is 0.251 e. The summed E-state index contributed by atoms with van der Waals surface area (Å²) in [4.78, 5) is 12.3. The molecule has 1 atom stereocenters. The van der Waals surface area contributed by atoms with Gasteiger partial charge in [0.15, 0.2) is 0 Å². The number of rotatable bonds is 8. The number of nitrogens with one attached hydrogen (secondary N) is 1. The fourth-order valence-electron chi connectivity index (χ4n) is 2.49. The first-order chi connectivity index (χ1) is 11.6. The van der Waals surface area contributed by atoms with Crippen LogP contribution in [0.2, 0.25) is 0 Å². The zero-order chi connectivity index (χ0) is 17.4. The van der Waals surface area contributed by atoms with Crippen LogP contribution < -0.4 is 15.8 Å². The van der Waals surface area contributed by atoms with Crippen molar-refractivity contribution in [2.24, 2.45) is 11.7 Å². The minimum atomic E-state index is -0.0818. The molecule has 0 saturated heterocycles. The van der Waals surface area contributed by atoms with Crippen molar-refractivity contribution in [1.82, 2.24) is 5.32 Å². The van der Waals surface area contributed by atoms with Gasteiger partial charge in [-0.3, -0.25) is 4.79 Å². The highest BCUT2D eigenvalue weighted by Crippen LogP contribution is 2.12. The molecule has 2 aromatic carbocycles. The lowest BCUT2D eigenvalue weighted by atomic mass is 10.0. The van der Waals surface area contributed by atoms with Gasteiger partial charge in [0.25, 0.3) is 5.91 Å². The van der Waals surface area contributed by atoms with E-state index in [1.165, 1.54) is 0 Å². The molecular formula is C20H26N2O2. The number of carbonyl (C=O) groups is 1. The first kappa shape index (κ1) is 18.0. The van der Waals surface area contributed by atoms with Gasteiger partial charge in [-0.15, -0.1) is 0 Å². The highest BCUT2D eigenvalue weighted by Gasteiger charge is 2.13. The molecular weight excluding hydrogens is 300 g/mol. The number of para-hydroxylation sites is 1. The Hall–Kier alpha value is -2.33. The summed E-state index contributed by atoms with van der Waals surface area (Å²) in [7, 11) is 0. The molecule has 0 spiro atoms. The van der Waals surface area contributed by atoms with Crippen LogP contribution in [0, 0.1) is 5.92 Å². The second-order valence-electron chi connectivity index (χ2n) is 6.33. The molecule has 0 aliphatic carbocycles. The molecule has 4 nitrogen and oxygen atoms in total. The third-order valence-electron chi connectivity index (χ3n) is 3.74. The average molecular weight is 326 g/mol. The Morgan fingerprint density at radius 3 is 2.33 bits per heavy atom. The lowest BCUT2D eigenvalue weighted by Gasteiger charge is -2.18. The van der Waals surface area contributed by atoms with Gasteiger partial charge in [0, 0.05) is 18.2 Å². The molecule has 4 heteroatoms. The second-order valence-corrected chi connectivity index (χ2v) is 6.33. The van der Waals surface area contributed by atoms with Gasteiger partial charge < -0.3 is 15.8 Å². The van der Waals surface area contributed by atoms with Gasteiger partial charge in [-0.05, 0) is 42.2 Å². The molecule has 2 rings (SSSR count). The van der Waals surface area contributed by atoms with E-state index in [0.29, 0.717) is 24.6 Å². The Morgan fingerprint density at radius 2 is 1.75 bits per heavy atom. The van der Waals surface area contributed by atoms with Gasteiger partial charge in [-0.2, -0.15) is 0 Å². The summed E-state index contributed by atoms with van der Waals surface area (Å²) in [5, 5.41) is 3.00. The second kappa shape index (κ2) is 9.08. The molecule has 0 aliphatic heterocycles. The van der Waals surface area contributed by atoms with Crippen molar-refractivity contribution in [3.63, 3.8) is 0 Å². The molecule has 0 aromatic heterocycles. The van der Waals surface area contributed by atoms with Crippen molar-refractivity contribution in [2.45, 2.75) is 32.9 Å². The molecule has 0 radical (unpaired) electrons. The van der Waals surface area contributed by atoms with Crippen molar-refractivity contribution in [3.8, 4) is 5.75 Å². The largest absolute Gasteiger partial charge is 0.489 e. The standard InChI is InChI=1S/C20H26N2O2/c1-15(2)12-18(13-21)22-20(23)17-10-8-16(9-11-17)14-24-19-6-4-3-5-7-19/h3-11,15,18H,12-14,21H2,1-2H3,(H,22,23). The van der Waals surface area contributed by atoms with Gasteiger partial charge >= 0.3 is 0 Å². The molecule has 0 heterocycles. The molecule has 0 bridgehead atoms. The summed E-state index contributed by atoms with van der Waals surface area (Å²) >= 11 is 0. The highest BCUT2D eigenvalue weighted by molar-refractivity contribution is 5.94. The Kier molecular flexibility index (Phi) is 6.82. The quantitative estimate of drug-likeness (QED) is 0.782. The van der Waals surface area contributed by atoms with E-state index in [0.717, 1.165) is 17.7 Å². The van der Waals surface area contributed by atoms with E-state index in [-0.39, 0.29) is 11.9 Å². The zero-order valence-corrected chi connectivity index (χ0v) is 14.4. The van der Waals surface area contributed by atoms with Crippen LogP contribution in [0.1, 0.15) is 36.2 Å². The number of benzene rings is 2. The number of nitrogens with two attached hydrogens (primary N) is 1. The van der Waals surface area contributed by atoms with Crippen molar-refractivity contribution in [2.75, 3.05) is 6.54 Å². The van der Waals surface area contributed by atoms with Crippen LogP contribution in [0.4, 0.5) is 0 Å². The number of amides is 1. The first-order valence-corrected chi connectivity index (χ1v) is 8.36. The van der Waals surface area contributed by atoms with Gasteiger partial charge in [0.1, 0.15) is 12.4 Å². The van der Waals surface area contributed by atoms with Crippen molar-refractivity contribution < 1.29 is 9.53 Å². The minimum absolute atomic E-state index is 0.0126. The summed E-state index contributed by atoms with van der Waals surface area (Å²) in [5.74, 6) is 1.25. The molecule has 1 amide bonds. The average Bonchev–Trinajstić information content (AvgIpc) is 2.60. The molecule has 3 N–H and O–H groups in total. The normalized spacial score (nSPS) is 12.0. The number of carbonyl (C=O) groups excluding carboxylic acids is 1. The summed E-state index contributed by atoms with van der Waals surface area (Å²) in [6.07, 6.45) is 0.880. The van der Waals surface area contributed by atoms with E-state index < -0.39 is 0 Å². The lowest BCUT2D eigenvalue weighted by molar-refractivity contribution is 0.0933. The molecule has 0 fully saturated rings. The first-order valence-electron chi connectivity index (χ1n) is 8.36. The van der Waals surface area contributed by atoms with Crippen LogP contribution in [0.5, 0.6) is 5.75 Å². The molecule has 1 unspecified atom stereocenters. The fourth-order valence-corrected chi connectivity index (χ4v) is 2.49. The maximum atomic E-state index is 12.3. The van der Waals surface area contributed by atoms with Crippen molar-refractivity contribution >= 4 is 5.91 Å². The number of ether oxygens (including phenoxy) is 1. The van der Waals surface area contributed by atoms with Crippen LogP contribution >= 0.6 is 0 Å². The third-order valence-corrected chi connectivity index (χ3v) is 3.74. The maximum absolute atomic E-state index is 12.3. The summed E-state index contributed by atoms with van der Waals surface area (Å²) in [6.45, 7) is 5.17. The third kappa shape index (κ3) is 5.70. The Morgan fingerprint density at radius 1 is 1.08 bits per heavy atom. The zero-order valence-electron chi connectivity index (χ0n) is 14.4. The maximum Gasteiger partial charge on any atom is 0.251 e. The monoisotopic (exact) mass is 326 g/mol. The topological polar surface area (TPSA) is 64.3 Å². The number of hydrogen-bond acceptors (Lipinski definition) is 3. The van der Waals surface area contributed by atoms with Crippen LogP contribution in [-0.4, -0.2) is 18.5 Å². The van der Waals surface area contributed by atoms with Gasteiger partial charge in [0.2, 0.25) is 0 Å². The molecule has 0 saturated carbocycles. The Balaban J connectivity index is 1.89. The molecule has 2 aromatic rings. The van der Waals surface area contributed by atoms with Gasteiger partial charge in [0.05, 0.1) is 0 Å². The fraction of sp³-hybridized carbons (Fsp3) is 0.350. The lowest BCUT2D eigenvalue weighted by Crippen LogP contribution is -2.41. The summed E-state index contributed by atoms with van der Waals surface area (Å²) in [5.41, 5.74) is 7.40. The van der Waals surface area contributed by atoms with E-state index >= 15 is 0 Å². The Bertz CT molecular complexity index is 624. The van der Waals surface area contributed by atoms with Gasteiger partial charge in [-0.1, -0.05) is 44.2 Å². The SMILES string of the molecule is CC(C)CC(CN)NC(=O)c1ccc(COc2ccccc2)cc1.